The van der Waals surface area contributed by atoms with Crippen molar-refractivity contribution in [1.29, 1.82) is 0 Å². The number of para-hydroxylation sites is 1. The standard InChI is InChI=1S/C14H11ClN2O3S/c15-10-5-7-11(8-6-10)17-9-14(18)16-12-3-1-2-4-13(12)21(17,19)20/h1-8H,9H2,(H,16,18). The summed E-state index contributed by atoms with van der Waals surface area (Å²) >= 11 is 5.82. The van der Waals surface area contributed by atoms with E-state index in [9.17, 15) is 13.2 Å². The largest absolute Gasteiger partial charge is 0.323 e. The van der Waals surface area contributed by atoms with Crippen LogP contribution in [-0.2, 0) is 14.8 Å². The molecule has 0 bridgehead atoms. The Labute approximate surface area is 127 Å². The summed E-state index contributed by atoms with van der Waals surface area (Å²) in [6, 6.07) is 12.6. The molecule has 0 aromatic heterocycles. The van der Waals surface area contributed by atoms with E-state index in [-0.39, 0.29) is 11.4 Å². The summed E-state index contributed by atoms with van der Waals surface area (Å²) in [7, 11) is -3.81. The second-order valence-electron chi connectivity index (χ2n) is 4.53. The molecule has 2 aromatic rings. The zero-order valence-electron chi connectivity index (χ0n) is 10.8. The number of anilines is 2. The minimum Gasteiger partial charge on any atom is -0.323 e. The summed E-state index contributed by atoms with van der Waals surface area (Å²) in [5.74, 6) is -0.390. The lowest BCUT2D eigenvalue weighted by Crippen LogP contribution is -2.35. The smallest absolute Gasteiger partial charge is 0.266 e. The number of fused-ring (bicyclic) bond motifs is 1. The van der Waals surface area contributed by atoms with Crippen LogP contribution in [0.25, 0.3) is 0 Å². The maximum absolute atomic E-state index is 12.8. The van der Waals surface area contributed by atoms with Gasteiger partial charge in [-0.2, -0.15) is 0 Å². The molecule has 3 rings (SSSR count). The molecule has 2 aromatic carbocycles. The molecule has 7 heteroatoms. The molecule has 1 heterocycles. The number of hydrogen-bond donors (Lipinski definition) is 1. The summed E-state index contributed by atoms with van der Waals surface area (Å²) in [6.45, 7) is -0.279. The number of benzene rings is 2. The van der Waals surface area contributed by atoms with Crippen molar-refractivity contribution in [3.8, 4) is 0 Å². The fourth-order valence-corrected chi connectivity index (χ4v) is 3.85. The van der Waals surface area contributed by atoms with E-state index in [2.05, 4.69) is 5.32 Å². The maximum atomic E-state index is 12.8. The number of amides is 1. The summed E-state index contributed by atoms with van der Waals surface area (Å²) in [5, 5.41) is 3.10. The van der Waals surface area contributed by atoms with Crippen LogP contribution in [0.2, 0.25) is 5.02 Å². The molecule has 21 heavy (non-hydrogen) atoms. The first-order chi connectivity index (χ1) is 9.98. The van der Waals surface area contributed by atoms with Gasteiger partial charge in [0.15, 0.2) is 0 Å². The number of nitrogens with one attached hydrogen (secondary N) is 1. The van der Waals surface area contributed by atoms with E-state index in [4.69, 9.17) is 11.6 Å². The van der Waals surface area contributed by atoms with Crippen LogP contribution in [0.15, 0.2) is 53.4 Å². The zero-order chi connectivity index (χ0) is 15.0. The number of nitrogens with zero attached hydrogens (tertiary/aromatic N) is 1. The Morgan fingerprint density at radius 1 is 1.05 bits per heavy atom. The highest BCUT2D eigenvalue weighted by molar-refractivity contribution is 7.93. The summed E-state index contributed by atoms with van der Waals surface area (Å²) in [4.78, 5) is 12.0. The Bertz CT molecular complexity index is 803. The molecule has 0 saturated carbocycles. The van der Waals surface area contributed by atoms with Crippen LogP contribution < -0.4 is 9.62 Å². The van der Waals surface area contributed by atoms with E-state index < -0.39 is 15.9 Å². The van der Waals surface area contributed by atoms with Crippen molar-refractivity contribution < 1.29 is 13.2 Å². The van der Waals surface area contributed by atoms with Crippen molar-refractivity contribution >= 4 is 38.9 Å². The van der Waals surface area contributed by atoms with E-state index in [1.54, 1.807) is 42.5 Å². The van der Waals surface area contributed by atoms with Crippen LogP contribution in [0, 0.1) is 0 Å². The molecule has 0 aliphatic carbocycles. The van der Waals surface area contributed by atoms with Crippen molar-refractivity contribution in [3.05, 3.63) is 53.6 Å². The lowest BCUT2D eigenvalue weighted by atomic mass is 10.3. The average molecular weight is 323 g/mol. The molecule has 108 valence electrons. The predicted molar refractivity (Wildman–Crippen MR) is 81.1 cm³/mol. The quantitative estimate of drug-likeness (QED) is 0.877. The molecule has 1 aliphatic heterocycles. The number of carbonyl (C=O) groups excluding carboxylic acids is 1. The number of halogens is 1. The topological polar surface area (TPSA) is 66.5 Å². The minimum atomic E-state index is -3.81. The van der Waals surface area contributed by atoms with Crippen molar-refractivity contribution in [2.24, 2.45) is 0 Å². The first kappa shape index (κ1) is 13.9. The molecule has 5 nitrogen and oxygen atoms in total. The molecule has 1 amide bonds. The molecule has 0 saturated heterocycles. The van der Waals surface area contributed by atoms with Gasteiger partial charge in [0.05, 0.1) is 11.4 Å². The minimum absolute atomic E-state index is 0.0748. The highest BCUT2D eigenvalue weighted by Gasteiger charge is 2.32. The van der Waals surface area contributed by atoms with Crippen LogP contribution >= 0.6 is 11.6 Å². The van der Waals surface area contributed by atoms with E-state index in [0.29, 0.717) is 16.4 Å². The third kappa shape index (κ3) is 2.48. The molecular formula is C14H11ClN2O3S. The monoisotopic (exact) mass is 322 g/mol. The van der Waals surface area contributed by atoms with Gasteiger partial charge in [-0.1, -0.05) is 23.7 Å². The summed E-state index contributed by atoms with van der Waals surface area (Å²) in [6.07, 6.45) is 0. The van der Waals surface area contributed by atoms with Crippen LogP contribution in [0.3, 0.4) is 0 Å². The van der Waals surface area contributed by atoms with Crippen molar-refractivity contribution in [3.63, 3.8) is 0 Å². The van der Waals surface area contributed by atoms with Gasteiger partial charge in [0.1, 0.15) is 11.4 Å². The number of rotatable bonds is 1. The third-order valence-corrected chi connectivity index (χ3v) is 5.21. The van der Waals surface area contributed by atoms with Crippen LogP contribution in [-0.4, -0.2) is 20.9 Å². The van der Waals surface area contributed by atoms with Gasteiger partial charge in [-0.25, -0.2) is 8.42 Å². The first-order valence-corrected chi connectivity index (χ1v) is 7.97. The van der Waals surface area contributed by atoms with Gasteiger partial charge in [-0.3, -0.25) is 9.10 Å². The SMILES string of the molecule is O=C1CN(c2ccc(Cl)cc2)S(=O)(=O)c2ccccc2N1. The van der Waals surface area contributed by atoms with E-state index in [0.717, 1.165) is 4.31 Å². The zero-order valence-corrected chi connectivity index (χ0v) is 12.4. The van der Waals surface area contributed by atoms with Gasteiger partial charge in [0, 0.05) is 5.02 Å². The Morgan fingerprint density at radius 3 is 2.43 bits per heavy atom. The van der Waals surface area contributed by atoms with Crippen LogP contribution in [0.4, 0.5) is 11.4 Å². The molecule has 0 fully saturated rings. The van der Waals surface area contributed by atoms with E-state index >= 15 is 0 Å². The van der Waals surface area contributed by atoms with Crippen molar-refractivity contribution in [2.45, 2.75) is 4.90 Å². The second kappa shape index (κ2) is 5.05. The number of hydrogen-bond acceptors (Lipinski definition) is 3. The highest BCUT2D eigenvalue weighted by Crippen LogP contribution is 2.31. The molecule has 0 unspecified atom stereocenters. The molecule has 0 atom stereocenters. The Kier molecular flexibility index (Phi) is 3.35. The third-order valence-electron chi connectivity index (χ3n) is 3.13. The van der Waals surface area contributed by atoms with Crippen molar-refractivity contribution in [2.75, 3.05) is 16.2 Å². The fraction of sp³-hybridized carbons (Fsp3) is 0.0714. The highest BCUT2D eigenvalue weighted by atomic mass is 35.5. The van der Waals surface area contributed by atoms with E-state index in [1.165, 1.54) is 6.07 Å². The van der Waals surface area contributed by atoms with Gasteiger partial charge < -0.3 is 5.32 Å². The van der Waals surface area contributed by atoms with Crippen LogP contribution in [0.5, 0.6) is 0 Å². The normalized spacial score (nSPS) is 16.8. The lowest BCUT2D eigenvalue weighted by Gasteiger charge is -2.21. The fourth-order valence-electron chi connectivity index (χ4n) is 2.16. The van der Waals surface area contributed by atoms with Gasteiger partial charge in [-0.15, -0.1) is 0 Å². The lowest BCUT2D eigenvalue weighted by molar-refractivity contribution is -0.114. The Morgan fingerprint density at radius 2 is 1.71 bits per heavy atom. The number of carbonyl (C=O) groups is 1. The molecule has 0 radical (unpaired) electrons. The number of sulfonamides is 1. The maximum Gasteiger partial charge on any atom is 0.266 e. The first-order valence-electron chi connectivity index (χ1n) is 6.16. The van der Waals surface area contributed by atoms with Gasteiger partial charge in [0.2, 0.25) is 5.91 Å². The summed E-state index contributed by atoms with van der Waals surface area (Å²) in [5.41, 5.74) is 0.685. The average Bonchev–Trinajstić information content (AvgIpc) is 2.55. The Hall–Kier alpha value is -2.05. The van der Waals surface area contributed by atoms with E-state index in [1.807, 2.05) is 0 Å². The van der Waals surface area contributed by atoms with Crippen LogP contribution in [0.1, 0.15) is 0 Å². The van der Waals surface area contributed by atoms with Gasteiger partial charge in [-0.05, 0) is 36.4 Å². The van der Waals surface area contributed by atoms with Crippen molar-refractivity contribution in [1.82, 2.24) is 0 Å². The molecular weight excluding hydrogens is 312 g/mol. The van der Waals surface area contributed by atoms with Gasteiger partial charge in [0.25, 0.3) is 10.0 Å². The van der Waals surface area contributed by atoms with Gasteiger partial charge >= 0.3 is 0 Å². The molecule has 1 aliphatic rings. The summed E-state index contributed by atoms with van der Waals surface area (Å²) < 4.78 is 26.6. The predicted octanol–water partition coefficient (Wildman–Crippen LogP) is 2.49. The molecule has 1 N–H and O–H groups in total. The Balaban J connectivity index is 2.17. The molecule has 0 spiro atoms. The second-order valence-corrected chi connectivity index (χ2v) is 6.80.